The van der Waals surface area contributed by atoms with E-state index < -0.39 is 10.2 Å². The number of aromatic hydroxyl groups is 1. The molecule has 6 N–H and O–H groups in total. The number of hydrogen-bond donors (Lipinski definition) is 5. The number of halogens is 1. The number of para-hydroxylation sites is 2. The molecule has 19 nitrogen and oxygen atoms in total. The fourth-order valence-electron chi connectivity index (χ4n) is 10.1. The molecule has 0 aliphatic carbocycles. The van der Waals surface area contributed by atoms with Gasteiger partial charge in [0.2, 0.25) is 11.9 Å². The summed E-state index contributed by atoms with van der Waals surface area (Å²) >= 11 is 5.49. The van der Waals surface area contributed by atoms with Gasteiger partial charge >= 0.3 is 0 Å². The highest BCUT2D eigenvalue weighted by Gasteiger charge is 2.16. The van der Waals surface area contributed by atoms with Gasteiger partial charge in [0.05, 0.1) is 33.4 Å². The van der Waals surface area contributed by atoms with Crippen LogP contribution in [0.2, 0.25) is 0 Å². The number of fused-ring (bicyclic) bond motifs is 2. The molecule has 0 spiro atoms. The quantitative estimate of drug-likeness (QED) is 0.0194. The van der Waals surface area contributed by atoms with Gasteiger partial charge in [0.1, 0.15) is 30.5 Å². The number of anilines is 6. The van der Waals surface area contributed by atoms with E-state index in [4.69, 9.17) is 46.9 Å². The van der Waals surface area contributed by atoms with E-state index in [-0.39, 0.29) is 17.3 Å². The van der Waals surface area contributed by atoms with Crippen LogP contribution in [0.1, 0.15) is 72.0 Å². The number of nitrogen functional groups attached to an aromatic ring is 1. The van der Waals surface area contributed by atoms with Gasteiger partial charge in [-0.1, -0.05) is 116 Å². The molecule has 20 heteroatoms. The van der Waals surface area contributed by atoms with Gasteiger partial charge in [-0.25, -0.2) is 19.9 Å². The smallest absolute Gasteiger partial charge is 0.275 e. The number of ether oxygens (including phenoxy) is 2. The van der Waals surface area contributed by atoms with Gasteiger partial charge in [0, 0.05) is 98.6 Å². The van der Waals surface area contributed by atoms with E-state index in [1.165, 1.54) is 12.1 Å². The van der Waals surface area contributed by atoms with Crippen LogP contribution in [-0.2, 0) is 0 Å². The first kappa shape index (κ1) is 75.5. The molecule has 99 heavy (non-hydrogen) atoms. The summed E-state index contributed by atoms with van der Waals surface area (Å²) in [6, 6.07) is 67.0. The number of nitrogens with two attached hydrogens (primary N) is 1. The third-order valence-electron chi connectivity index (χ3n) is 15.5. The lowest BCUT2D eigenvalue weighted by Gasteiger charge is -2.28. The van der Waals surface area contributed by atoms with Gasteiger partial charge in [-0.2, -0.15) is 0 Å². The van der Waals surface area contributed by atoms with Crippen LogP contribution in [0.5, 0.6) is 17.2 Å². The first-order valence-electron chi connectivity index (χ1n) is 32.6. The van der Waals surface area contributed by atoms with Crippen LogP contribution in [0.4, 0.5) is 40.3 Å². The first-order valence-corrected chi connectivity index (χ1v) is 33.0. The molecular weight excluding hydrogens is 1260 g/mol. The molecule has 0 bridgehead atoms. The van der Waals surface area contributed by atoms with Gasteiger partial charge in [-0.3, -0.25) is 24.6 Å². The molecule has 11 rings (SSSR count). The van der Waals surface area contributed by atoms with Crippen LogP contribution in [0.15, 0.2) is 212 Å². The standard InChI is InChI=1S/C32H31N5O2.C21H14ClN3O.C11H18N2O.C8H19N.C7H7NO3/c1-22-13-18-26(39-20-19-37(2)3)21-29(22)34-31(38)24-14-16-25(17-15-24)33-32-35-28-12-8-7-11-27(28)30(36-32)23-9-5-4-6-10-23;22-20(26)15-10-12-16(13-11-15)23-21-24-18-9-5-4-8-17(18)19(25-21)14-6-2-1-3-7-14;1-9-4-5-10(8-11(9)12)14-7-6-13(2)3;1-6-9(7(2)3)8(4)5;1-5-2-3-6(9)4-7(5)8(10)11/h4-18,21H,19-20H2,1-3H3,(H,34,38)(H,33,35,36);1-13H,(H,23,24,25);4-5,8H,6-7,12H2,1-3H3;7-8H,6H2,1-5H3;2-4,9H,1H3. The summed E-state index contributed by atoms with van der Waals surface area (Å²) < 4.78 is 11.4. The Bertz CT molecular complexity index is 4400. The number of hydrogen-bond acceptors (Lipinski definition) is 17. The number of aromatic nitrogens is 4. The minimum absolute atomic E-state index is 0.0509. The van der Waals surface area contributed by atoms with E-state index in [0.717, 1.165) is 115 Å². The number of nitrogens with zero attached hydrogens (tertiary/aromatic N) is 8. The van der Waals surface area contributed by atoms with Crippen molar-refractivity contribution in [2.75, 3.05) is 82.7 Å². The zero-order valence-electron chi connectivity index (χ0n) is 58.3. The lowest BCUT2D eigenvalue weighted by atomic mass is 10.1. The molecule has 0 unspecified atom stereocenters. The van der Waals surface area contributed by atoms with E-state index in [2.05, 4.69) is 70.3 Å². The van der Waals surface area contributed by atoms with Crippen molar-refractivity contribution in [3.05, 3.63) is 250 Å². The highest BCUT2D eigenvalue weighted by molar-refractivity contribution is 6.67. The topological polar surface area (TPSA) is 239 Å². The number of nitro benzene ring substituents is 1. The Morgan fingerprint density at radius 2 is 0.990 bits per heavy atom. The zero-order valence-corrected chi connectivity index (χ0v) is 59.1. The van der Waals surface area contributed by atoms with Crippen LogP contribution in [0.3, 0.4) is 0 Å². The lowest BCUT2D eigenvalue weighted by Crippen LogP contribution is -2.36. The van der Waals surface area contributed by atoms with Gasteiger partial charge in [-0.15, -0.1) is 0 Å². The lowest BCUT2D eigenvalue weighted by molar-refractivity contribution is -0.385. The van der Waals surface area contributed by atoms with E-state index >= 15 is 0 Å². The molecule has 0 aliphatic heterocycles. The fourth-order valence-corrected chi connectivity index (χ4v) is 10.2. The van der Waals surface area contributed by atoms with Gasteiger partial charge in [-0.05, 0) is 191 Å². The predicted octanol–water partition coefficient (Wildman–Crippen LogP) is 17.2. The maximum absolute atomic E-state index is 13.0. The molecule has 11 aromatic rings. The monoisotopic (exact) mass is 1350 g/mol. The number of aryl methyl sites for hydroxylation is 3. The molecule has 0 fully saturated rings. The summed E-state index contributed by atoms with van der Waals surface area (Å²) in [6.45, 7) is 20.9. The number of amides is 1. The summed E-state index contributed by atoms with van der Waals surface area (Å²) in [5.41, 5.74) is 17.9. The number of nitro groups is 1. The van der Waals surface area contributed by atoms with Gasteiger partial charge in [0.25, 0.3) is 16.8 Å². The summed E-state index contributed by atoms with van der Waals surface area (Å²) in [5, 5.41) is 30.1. The minimum Gasteiger partial charge on any atom is -0.508 e. The van der Waals surface area contributed by atoms with E-state index in [0.29, 0.717) is 53.9 Å². The van der Waals surface area contributed by atoms with E-state index in [1.807, 2.05) is 200 Å². The Morgan fingerprint density at radius 3 is 1.40 bits per heavy atom. The van der Waals surface area contributed by atoms with Gasteiger partial charge < -0.3 is 46.1 Å². The minimum atomic E-state index is -0.519. The van der Waals surface area contributed by atoms with Crippen LogP contribution < -0.4 is 31.2 Å². The second-order valence-corrected chi connectivity index (χ2v) is 24.6. The van der Waals surface area contributed by atoms with Gasteiger partial charge in [0.15, 0.2) is 0 Å². The average molecular weight is 1350 g/mol. The van der Waals surface area contributed by atoms with Crippen molar-refractivity contribution in [2.24, 2.45) is 0 Å². The average Bonchev–Trinajstić information content (AvgIpc) is 0.803. The van der Waals surface area contributed by atoms with Crippen LogP contribution in [-0.4, -0.2) is 129 Å². The molecule has 514 valence electrons. The highest BCUT2D eigenvalue weighted by Crippen LogP contribution is 2.31. The summed E-state index contributed by atoms with van der Waals surface area (Å²) in [7, 11) is 8.04. The molecule has 0 aliphatic rings. The molecule has 0 saturated carbocycles. The first-order chi connectivity index (χ1) is 47.5. The number of nitrogens with one attached hydrogen (secondary N) is 3. The number of rotatable bonds is 21. The van der Waals surface area contributed by atoms with E-state index in [9.17, 15) is 19.7 Å². The maximum atomic E-state index is 13.0. The SMILES string of the molecule is CCN(C(C)C)C(C)C.Cc1ccc(O)cc1[N+](=O)[O-].Cc1ccc(OCCN(C)C)cc1N.Cc1ccc(OCCN(C)C)cc1NC(=O)c1ccc(Nc2nc(-c3ccccc3)c3ccccc3n2)cc1.O=C(Cl)c1ccc(Nc2nc(-c3ccccc3)c3ccccc3n2)cc1. The third-order valence-corrected chi connectivity index (χ3v) is 15.7. The number of likely N-dealkylation sites (N-methyl/N-ethyl adjacent to an activating group) is 2. The van der Waals surface area contributed by atoms with Crippen molar-refractivity contribution in [1.29, 1.82) is 0 Å². The second-order valence-electron chi connectivity index (χ2n) is 24.2. The zero-order chi connectivity index (χ0) is 71.5. The number of benzene rings is 9. The van der Waals surface area contributed by atoms with Crippen LogP contribution >= 0.6 is 11.6 Å². The Labute approximate surface area is 585 Å². The van der Waals surface area contributed by atoms with Crippen LogP contribution in [0, 0.1) is 30.9 Å². The largest absolute Gasteiger partial charge is 0.508 e. The van der Waals surface area contributed by atoms with Crippen molar-refractivity contribution >= 4 is 84.9 Å². The Morgan fingerprint density at radius 1 is 0.556 bits per heavy atom. The number of carbonyl (C=O) groups excluding carboxylic acids is 2. The maximum Gasteiger partial charge on any atom is 0.275 e. The Hall–Kier alpha value is -10.8. The normalized spacial score (nSPS) is 10.8. The van der Waals surface area contributed by atoms with Crippen molar-refractivity contribution in [3.63, 3.8) is 0 Å². The molecule has 0 saturated heterocycles. The highest BCUT2D eigenvalue weighted by atomic mass is 35.5. The van der Waals surface area contributed by atoms with Crippen molar-refractivity contribution in [1.82, 2.24) is 34.6 Å². The number of phenols is 1. The molecule has 2 heterocycles. The molecule has 0 radical (unpaired) electrons. The van der Waals surface area contributed by atoms with Crippen molar-refractivity contribution < 1.29 is 29.1 Å². The Balaban J connectivity index is 0.000000196. The molecule has 2 aromatic heterocycles. The number of carbonyl (C=O) groups is 2. The Kier molecular flexibility index (Phi) is 28.7. The second kappa shape index (κ2) is 37.6. The molecule has 0 atom stereocenters. The number of phenolic OH excluding ortho intramolecular Hbond substituents is 1. The van der Waals surface area contributed by atoms with E-state index in [1.54, 1.807) is 43.3 Å². The van der Waals surface area contributed by atoms with Crippen molar-refractivity contribution in [2.45, 2.75) is 67.5 Å². The third kappa shape index (κ3) is 23.5. The fraction of sp³-hybridized carbons (Fsp3) is 0.241. The molecule has 9 aromatic carbocycles. The predicted molar refractivity (Wildman–Crippen MR) is 405 cm³/mol. The van der Waals surface area contributed by atoms with Crippen molar-refractivity contribution in [3.8, 4) is 39.8 Å². The summed E-state index contributed by atoms with van der Waals surface area (Å²) in [5.74, 6) is 2.28. The molecular formula is C79H89ClN12O7. The molecule has 1 amide bonds. The summed E-state index contributed by atoms with van der Waals surface area (Å²) in [4.78, 5) is 59.3. The summed E-state index contributed by atoms with van der Waals surface area (Å²) in [6.07, 6.45) is 0. The van der Waals surface area contributed by atoms with Crippen LogP contribution in [0.25, 0.3) is 44.3 Å².